The van der Waals surface area contributed by atoms with Gasteiger partial charge in [0, 0.05) is 14.7 Å². The zero-order chi connectivity index (χ0) is 14.7. The standard InChI is InChI=1S/C14H12ClF2IN2/c15-9-2-4-13(18)11(6-9)14(20-19)5-8-1-3-10(16)7-12(8)17/h1-4,6-7,14,20H,5,19H2. The molecule has 1 unspecified atom stereocenters. The highest BCUT2D eigenvalue weighted by Crippen LogP contribution is 2.27. The fourth-order valence-corrected chi connectivity index (χ4v) is 2.84. The molecule has 0 aliphatic carbocycles. The van der Waals surface area contributed by atoms with Crippen molar-refractivity contribution in [3.63, 3.8) is 0 Å². The van der Waals surface area contributed by atoms with Crippen LogP contribution in [0, 0.1) is 15.2 Å². The second kappa shape index (κ2) is 6.80. The molecule has 0 aliphatic heterocycles. The Morgan fingerprint density at radius 3 is 2.60 bits per heavy atom. The molecule has 2 aromatic rings. The third kappa shape index (κ3) is 3.66. The second-order valence-corrected chi connectivity index (χ2v) is 5.92. The second-order valence-electron chi connectivity index (χ2n) is 4.32. The van der Waals surface area contributed by atoms with E-state index in [0.29, 0.717) is 17.0 Å². The number of nitrogens with one attached hydrogen (secondary N) is 1. The number of hydrazine groups is 1. The highest BCUT2D eigenvalue weighted by molar-refractivity contribution is 14.1. The van der Waals surface area contributed by atoms with Crippen LogP contribution < -0.4 is 11.3 Å². The average Bonchev–Trinajstić information content (AvgIpc) is 2.41. The van der Waals surface area contributed by atoms with E-state index in [9.17, 15) is 8.78 Å². The first-order valence-corrected chi connectivity index (χ1v) is 7.32. The van der Waals surface area contributed by atoms with E-state index >= 15 is 0 Å². The van der Waals surface area contributed by atoms with Gasteiger partial charge in [-0.2, -0.15) is 0 Å². The van der Waals surface area contributed by atoms with E-state index in [1.165, 1.54) is 12.1 Å². The molecular weight excluding hydrogens is 397 g/mol. The van der Waals surface area contributed by atoms with Gasteiger partial charge in [0.2, 0.25) is 0 Å². The molecule has 106 valence electrons. The molecule has 0 saturated carbocycles. The van der Waals surface area contributed by atoms with Crippen molar-refractivity contribution in [3.05, 3.63) is 67.8 Å². The van der Waals surface area contributed by atoms with Crippen molar-refractivity contribution in [2.45, 2.75) is 12.5 Å². The van der Waals surface area contributed by atoms with Crippen molar-refractivity contribution in [3.8, 4) is 0 Å². The molecule has 1 atom stereocenters. The van der Waals surface area contributed by atoms with Crippen molar-refractivity contribution in [2.75, 3.05) is 0 Å². The lowest BCUT2D eigenvalue weighted by Crippen LogP contribution is -2.30. The Morgan fingerprint density at radius 2 is 1.95 bits per heavy atom. The first kappa shape index (κ1) is 15.6. The molecular formula is C14H12ClF2IN2. The minimum Gasteiger partial charge on any atom is -0.271 e. The normalized spacial score (nSPS) is 12.4. The van der Waals surface area contributed by atoms with Gasteiger partial charge >= 0.3 is 0 Å². The molecule has 0 aliphatic rings. The molecule has 2 rings (SSSR count). The lowest BCUT2D eigenvalue weighted by Gasteiger charge is -2.18. The summed E-state index contributed by atoms with van der Waals surface area (Å²) >= 11 is 8.14. The van der Waals surface area contributed by atoms with Gasteiger partial charge in [-0.1, -0.05) is 17.7 Å². The maximum atomic E-state index is 13.7. The summed E-state index contributed by atoms with van der Waals surface area (Å²) in [4.78, 5) is 0. The Morgan fingerprint density at radius 1 is 1.20 bits per heavy atom. The Bertz CT molecular complexity index is 622. The smallest absolute Gasteiger partial charge is 0.129 e. The Hall–Kier alpha value is -0.760. The van der Waals surface area contributed by atoms with Crippen LogP contribution in [0.4, 0.5) is 8.78 Å². The van der Waals surface area contributed by atoms with Crippen molar-refractivity contribution >= 4 is 34.2 Å². The molecule has 0 amide bonds. The number of rotatable bonds is 4. The van der Waals surface area contributed by atoms with Crippen LogP contribution in [0.3, 0.4) is 0 Å². The monoisotopic (exact) mass is 408 g/mol. The van der Waals surface area contributed by atoms with Gasteiger partial charge in [0.1, 0.15) is 11.6 Å². The van der Waals surface area contributed by atoms with Crippen molar-refractivity contribution in [2.24, 2.45) is 5.84 Å². The summed E-state index contributed by atoms with van der Waals surface area (Å²) < 4.78 is 27.6. The summed E-state index contributed by atoms with van der Waals surface area (Å²) in [5.41, 5.74) is 3.93. The molecule has 0 bridgehead atoms. The average molecular weight is 409 g/mol. The topological polar surface area (TPSA) is 38.0 Å². The molecule has 0 heterocycles. The maximum absolute atomic E-state index is 13.7. The molecule has 0 fully saturated rings. The molecule has 6 heteroatoms. The van der Waals surface area contributed by atoms with Crippen molar-refractivity contribution in [1.82, 2.24) is 5.43 Å². The molecule has 2 aromatic carbocycles. The Balaban J connectivity index is 2.31. The van der Waals surface area contributed by atoms with E-state index < -0.39 is 11.6 Å². The fraction of sp³-hybridized carbons (Fsp3) is 0.143. The lowest BCUT2D eigenvalue weighted by atomic mass is 9.99. The van der Waals surface area contributed by atoms with Gasteiger partial charge in [-0.25, -0.2) is 8.78 Å². The number of benzene rings is 2. The first-order valence-electron chi connectivity index (χ1n) is 5.86. The van der Waals surface area contributed by atoms with Gasteiger partial charge in [-0.15, -0.1) is 0 Å². The quantitative estimate of drug-likeness (QED) is 0.456. The minimum absolute atomic E-state index is 0.305. The predicted octanol–water partition coefficient (Wildman–Crippen LogP) is 3.97. The number of halogens is 4. The lowest BCUT2D eigenvalue weighted by molar-refractivity contribution is 0.520. The molecule has 0 radical (unpaired) electrons. The van der Waals surface area contributed by atoms with Crippen molar-refractivity contribution < 1.29 is 8.78 Å². The van der Waals surface area contributed by atoms with E-state index in [0.717, 1.165) is 15.2 Å². The summed E-state index contributed by atoms with van der Waals surface area (Å²) in [6, 6.07) is 8.64. The van der Waals surface area contributed by atoms with Crippen LogP contribution in [-0.2, 0) is 6.42 Å². The number of nitrogens with two attached hydrogens (primary N) is 1. The molecule has 0 saturated heterocycles. The summed E-state index contributed by atoms with van der Waals surface area (Å²) in [6.07, 6.45) is 0.305. The van der Waals surface area contributed by atoms with E-state index in [-0.39, 0.29) is 6.04 Å². The fourth-order valence-electron chi connectivity index (χ4n) is 1.95. The molecule has 3 N–H and O–H groups in total. The summed E-state index contributed by atoms with van der Waals surface area (Å²) in [5.74, 6) is 4.38. The largest absolute Gasteiger partial charge is 0.271 e. The third-order valence-electron chi connectivity index (χ3n) is 2.97. The SMILES string of the molecule is NNC(Cc1ccc(F)cc1F)c1cc(Cl)ccc1I. The zero-order valence-corrected chi connectivity index (χ0v) is 13.3. The minimum atomic E-state index is -0.596. The first-order chi connectivity index (χ1) is 9.51. The van der Waals surface area contributed by atoms with Crippen LogP contribution in [0.15, 0.2) is 36.4 Å². The summed E-state index contributed by atoms with van der Waals surface area (Å²) in [5, 5.41) is 0.584. The molecule has 20 heavy (non-hydrogen) atoms. The van der Waals surface area contributed by atoms with E-state index in [4.69, 9.17) is 17.4 Å². The molecule has 0 aromatic heterocycles. The van der Waals surface area contributed by atoms with E-state index in [2.05, 4.69) is 28.0 Å². The van der Waals surface area contributed by atoms with Crippen molar-refractivity contribution in [1.29, 1.82) is 0 Å². The van der Waals surface area contributed by atoms with Gasteiger partial charge in [0.15, 0.2) is 0 Å². The highest BCUT2D eigenvalue weighted by Gasteiger charge is 2.16. The van der Waals surface area contributed by atoms with Gasteiger partial charge in [-0.3, -0.25) is 11.3 Å². The van der Waals surface area contributed by atoms with Gasteiger partial charge in [-0.05, 0) is 64.4 Å². The zero-order valence-electron chi connectivity index (χ0n) is 10.3. The van der Waals surface area contributed by atoms with Crippen LogP contribution in [0.2, 0.25) is 5.02 Å². The molecule has 2 nitrogen and oxygen atoms in total. The van der Waals surface area contributed by atoms with Crippen LogP contribution >= 0.6 is 34.2 Å². The van der Waals surface area contributed by atoms with Gasteiger partial charge in [0.05, 0.1) is 6.04 Å². The Labute approximate surface area is 134 Å². The predicted molar refractivity (Wildman–Crippen MR) is 84.3 cm³/mol. The highest BCUT2D eigenvalue weighted by atomic mass is 127. The van der Waals surface area contributed by atoms with E-state index in [1.807, 2.05) is 6.07 Å². The van der Waals surface area contributed by atoms with Gasteiger partial charge < -0.3 is 0 Å². The number of hydrogen-bond acceptors (Lipinski definition) is 2. The van der Waals surface area contributed by atoms with Crippen LogP contribution in [0.1, 0.15) is 17.2 Å². The Kier molecular flexibility index (Phi) is 5.31. The summed E-state index contributed by atoms with van der Waals surface area (Å²) in [6.45, 7) is 0. The third-order valence-corrected chi connectivity index (χ3v) is 4.19. The van der Waals surface area contributed by atoms with Crippen LogP contribution in [-0.4, -0.2) is 0 Å². The summed E-state index contributed by atoms with van der Waals surface area (Å²) in [7, 11) is 0. The number of hydrogen-bond donors (Lipinski definition) is 2. The van der Waals surface area contributed by atoms with Gasteiger partial charge in [0.25, 0.3) is 0 Å². The van der Waals surface area contributed by atoms with Crippen LogP contribution in [0.5, 0.6) is 0 Å². The van der Waals surface area contributed by atoms with E-state index in [1.54, 1.807) is 12.1 Å². The van der Waals surface area contributed by atoms with Crippen LogP contribution in [0.25, 0.3) is 0 Å². The maximum Gasteiger partial charge on any atom is 0.129 e. The molecule has 0 spiro atoms.